The first-order valence-corrected chi connectivity index (χ1v) is 6.09. The van der Waals surface area contributed by atoms with Gasteiger partial charge in [0.2, 0.25) is 0 Å². The van der Waals surface area contributed by atoms with E-state index in [1.165, 1.54) is 0 Å². The fraction of sp³-hybridized carbons (Fsp3) is 0.286. The molecule has 15 heavy (non-hydrogen) atoms. The molecule has 1 heterocycles. The molecule has 0 saturated carbocycles. The van der Waals surface area contributed by atoms with E-state index < -0.39 is 26.1 Å². The molecular weight excluding hydrogens is 250 g/mol. The summed E-state index contributed by atoms with van der Waals surface area (Å²) in [5.41, 5.74) is 4.68. The van der Waals surface area contributed by atoms with Gasteiger partial charge in [-0.25, -0.2) is 17.2 Å². The second kappa shape index (κ2) is 4.38. The quantitative estimate of drug-likeness (QED) is 0.830. The van der Waals surface area contributed by atoms with E-state index >= 15 is 0 Å². The van der Waals surface area contributed by atoms with Crippen LogP contribution in [0.3, 0.4) is 0 Å². The van der Waals surface area contributed by atoms with Crippen LogP contribution in [-0.4, -0.2) is 13.4 Å². The van der Waals surface area contributed by atoms with Crippen molar-refractivity contribution in [2.45, 2.75) is 17.9 Å². The minimum atomic E-state index is -4.24. The van der Waals surface area contributed by atoms with Crippen LogP contribution in [0.2, 0.25) is 0 Å². The van der Waals surface area contributed by atoms with Crippen LogP contribution in [0.4, 0.5) is 8.78 Å². The maximum Gasteiger partial charge on any atom is 0.281 e. The minimum absolute atomic E-state index is 0.00404. The summed E-state index contributed by atoms with van der Waals surface area (Å²) < 4.78 is 46.7. The third-order valence-electron chi connectivity index (χ3n) is 1.64. The Kier molecular flexibility index (Phi) is 3.58. The van der Waals surface area contributed by atoms with Gasteiger partial charge in [0.05, 0.1) is 0 Å². The number of hydrogen-bond acceptors (Lipinski definition) is 4. The number of alkyl halides is 2. The first-order chi connectivity index (χ1) is 6.86. The number of nitrogens with two attached hydrogens (primary N) is 1. The van der Waals surface area contributed by atoms with Crippen LogP contribution in [0.25, 0.3) is 0 Å². The van der Waals surface area contributed by atoms with Crippen molar-refractivity contribution in [2.75, 3.05) is 0 Å². The molecule has 0 bridgehead atoms. The van der Waals surface area contributed by atoms with Crippen LogP contribution >= 0.6 is 10.7 Å². The molecule has 0 aliphatic carbocycles. The number of rotatable bonds is 3. The Morgan fingerprint density at radius 3 is 2.53 bits per heavy atom. The molecule has 0 spiro atoms. The second-order valence-corrected chi connectivity index (χ2v) is 5.20. The van der Waals surface area contributed by atoms with Crippen LogP contribution in [0.15, 0.2) is 17.2 Å². The Morgan fingerprint density at radius 2 is 2.13 bits per heavy atom. The zero-order chi connectivity index (χ0) is 11.6. The van der Waals surface area contributed by atoms with Crippen LogP contribution < -0.4 is 5.73 Å². The van der Waals surface area contributed by atoms with Gasteiger partial charge in [0.25, 0.3) is 15.5 Å². The smallest absolute Gasteiger partial charge is 0.281 e. The Bertz CT molecular complexity index is 464. The lowest BCUT2D eigenvalue weighted by Crippen LogP contribution is -2.05. The molecular formula is C7H7ClF2N2O2S. The predicted molar refractivity (Wildman–Crippen MR) is 50.1 cm³/mol. The summed E-state index contributed by atoms with van der Waals surface area (Å²) in [7, 11) is 0.758. The topological polar surface area (TPSA) is 73.0 Å². The second-order valence-electron chi connectivity index (χ2n) is 2.67. The molecule has 0 atom stereocenters. The van der Waals surface area contributed by atoms with Crippen molar-refractivity contribution in [2.24, 2.45) is 5.73 Å². The van der Waals surface area contributed by atoms with Crippen molar-refractivity contribution in [3.8, 4) is 0 Å². The van der Waals surface area contributed by atoms with E-state index in [1.54, 1.807) is 0 Å². The largest absolute Gasteiger partial charge is 0.326 e. The van der Waals surface area contributed by atoms with Gasteiger partial charge in [-0.15, -0.1) is 0 Å². The van der Waals surface area contributed by atoms with Gasteiger partial charge in [0.15, 0.2) is 0 Å². The highest BCUT2D eigenvalue weighted by atomic mass is 35.7. The molecule has 0 saturated heterocycles. The highest BCUT2D eigenvalue weighted by Gasteiger charge is 2.23. The predicted octanol–water partition coefficient (Wildman–Crippen LogP) is 1.41. The van der Waals surface area contributed by atoms with Gasteiger partial charge in [-0.05, 0) is 11.6 Å². The van der Waals surface area contributed by atoms with E-state index in [1.807, 2.05) is 0 Å². The lowest BCUT2D eigenvalue weighted by Gasteiger charge is -2.06. The molecule has 0 aromatic carbocycles. The molecule has 8 heteroatoms. The zero-order valence-corrected chi connectivity index (χ0v) is 8.89. The zero-order valence-electron chi connectivity index (χ0n) is 7.32. The van der Waals surface area contributed by atoms with Gasteiger partial charge in [0, 0.05) is 23.4 Å². The van der Waals surface area contributed by atoms with Crippen molar-refractivity contribution < 1.29 is 17.2 Å². The van der Waals surface area contributed by atoms with E-state index in [-0.39, 0.29) is 6.54 Å². The lowest BCUT2D eigenvalue weighted by molar-refractivity contribution is 0.142. The Morgan fingerprint density at radius 1 is 1.53 bits per heavy atom. The van der Waals surface area contributed by atoms with Gasteiger partial charge in [-0.2, -0.15) is 0 Å². The lowest BCUT2D eigenvalue weighted by atomic mass is 10.2. The number of nitrogens with zero attached hydrogens (tertiary/aromatic N) is 1. The van der Waals surface area contributed by atoms with Crippen LogP contribution in [-0.2, 0) is 15.6 Å². The summed E-state index contributed by atoms with van der Waals surface area (Å²) in [6.45, 7) is -0.00404. The number of aromatic nitrogens is 1. The average Bonchev–Trinajstić information content (AvgIpc) is 2.15. The van der Waals surface area contributed by atoms with Crippen molar-refractivity contribution in [1.82, 2.24) is 4.98 Å². The summed E-state index contributed by atoms with van der Waals surface area (Å²) in [6.07, 6.45) is -1.91. The molecule has 4 nitrogen and oxygen atoms in total. The van der Waals surface area contributed by atoms with Gasteiger partial charge in [-0.3, -0.25) is 4.98 Å². The van der Waals surface area contributed by atoms with E-state index in [2.05, 4.69) is 4.98 Å². The van der Waals surface area contributed by atoms with Crippen LogP contribution in [0, 0.1) is 0 Å². The summed E-state index contributed by atoms with van der Waals surface area (Å²) in [5, 5.41) is 0. The maximum absolute atomic E-state index is 12.4. The molecule has 0 aliphatic heterocycles. The van der Waals surface area contributed by atoms with Crippen LogP contribution in [0.1, 0.15) is 17.7 Å². The van der Waals surface area contributed by atoms with Gasteiger partial charge >= 0.3 is 0 Å². The summed E-state index contributed by atoms with van der Waals surface area (Å²) in [5.74, 6) is 0. The Hall–Kier alpha value is -0.790. The van der Waals surface area contributed by atoms with Crippen molar-refractivity contribution in [3.63, 3.8) is 0 Å². The molecule has 0 radical (unpaired) electrons. The molecule has 84 valence electrons. The summed E-state index contributed by atoms with van der Waals surface area (Å²) in [4.78, 5) is 2.63. The van der Waals surface area contributed by atoms with Gasteiger partial charge in [0.1, 0.15) is 10.6 Å². The van der Waals surface area contributed by atoms with E-state index in [0.29, 0.717) is 5.56 Å². The first kappa shape index (κ1) is 12.3. The average molecular weight is 257 g/mol. The summed E-state index contributed by atoms with van der Waals surface area (Å²) in [6, 6.07) is 0.997. The highest BCUT2D eigenvalue weighted by Crippen LogP contribution is 2.27. The standard InChI is InChI=1S/C7H7ClF2N2O2S/c8-15(13,14)5-1-4(2-11)3-12-6(5)7(9)10/h1,3,7H,2,11H2. The normalized spacial score (nSPS) is 12.1. The molecule has 1 aromatic heterocycles. The fourth-order valence-electron chi connectivity index (χ4n) is 0.966. The third-order valence-corrected chi connectivity index (χ3v) is 2.99. The number of pyridine rings is 1. The molecule has 1 aromatic rings. The van der Waals surface area contributed by atoms with Crippen molar-refractivity contribution in [3.05, 3.63) is 23.5 Å². The van der Waals surface area contributed by atoms with Crippen LogP contribution in [0.5, 0.6) is 0 Å². The molecule has 2 N–H and O–H groups in total. The third kappa shape index (κ3) is 2.83. The Balaban J connectivity index is 3.43. The van der Waals surface area contributed by atoms with Gasteiger partial charge in [-0.1, -0.05) is 0 Å². The number of halogens is 3. The number of hydrogen-bond donors (Lipinski definition) is 1. The van der Waals surface area contributed by atoms with E-state index in [0.717, 1.165) is 12.3 Å². The van der Waals surface area contributed by atoms with Crippen molar-refractivity contribution >= 4 is 19.7 Å². The Labute approximate surface area is 89.5 Å². The molecule has 1 rings (SSSR count). The van der Waals surface area contributed by atoms with E-state index in [9.17, 15) is 17.2 Å². The molecule has 0 aliphatic rings. The molecule has 0 unspecified atom stereocenters. The fourth-order valence-corrected chi connectivity index (χ4v) is 2.02. The van der Waals surface area contributed by atoms with Gasteiger partial charge < -0.3 is 5.73 Å². The van der Waals surface area contributed by atoms with Crippen molar-refractivity contribution in [1.29, 1.82) is 0 Å². The molecule has 0 amide bonds. The monoisotopic (exact) mass is 256 g/mol. The SMILES string of the molecule is NCc1cnc(C(F)F)c(S(=O)(=O)Cl)c1. The van der Waals surface area contributed by atoms with E-state index in [4.69, 9.17) is 16.4 Å². The molecule has 0 fully saturated rings. The maximum atomic E-state index is 12.4. The highest BCUT2D eigenvalue weighted by molar-refractivity contribution is 8.13. The summed E-state index contributed by atoms with van der Waals surface area (Å²) >= 11 is 0. The first-order valence-electron chi connectivity index (χ1n) is 3.78. The minimum Gasteiger partial charge on any atom is -0.326 e.